The number of nitriles is 1. The minimum atomic E-state index is -3.10. The summed E-state index contributed by atoms with van der Waals surface area (Å²) in [7, 11) is 0. The molecular formula is C25H37F4NO4. The molecule has 5 nitrogen and oxygen atoms in total. The molecule has 0 aromatic rings. The van der Waals surface area contributed by atoms with Gasteiger partial charge in [-0.15, -0.1) is 0 Å². The maximum atomic E-state index is 13.9. The first kappa shape index (κ1) is 27.2. The number of halogens is 4. The van der Waals surface area contributed by atoms with Crippen LogP contribution in [0, 0.1) is 40.9 Å². The average Bonchev–Trinajstić information content (AvgIpc) is 3.40. The van der Waals surface area contributed by atoms with E-state index in [0.29, 0.717) is 38.5 Å². The highest BCUT2D eigenvalue weighted by Gasteiger charge is 2.61. The molecule has 34 heavy (non-hydrogen) atoms. The third kappa shape index (κ3) is 5.55. The van der Waals surface area contributed by atoms with Gasteiger partial charge in [-0.2, -0.15) is 22.8 Å². The fourth-order valence-electron chi connectivity index (χ4n) is 5.88. The van der Waals surface area contributed by atoms with Crippen molar-refractivity contribution in [3.8, 4) is 6.07 Å². The highest BCUT2D eigenvalue weighted by molar-refractivity contribution is 4.95. The molecule has 0 spiro atoms. The Bertz CT molecular complexity index is 775. The minimum Gasteiger partial charge on any atom is -0.470 e. The van der Waals surface area contributed by atoms with Crippen molar-refractivity contribution < 1.29 is 36.5 Å². The smallest absolute Gasteiger partial charge is 0.361 e. The van der Waals surface area contributed by atoms with Crippen molar-refractivity contribution in [3.05, 3.63) is 12.8 Å². The predicted octanol–water partition coefficient (Wildman–Crippen LogP) is 6.99. The second-order valence-electron chi connectivity index (χ2n) is 10.5. The van der Waals surface area contributed by atoms with Crippen LogP contribution >= 0.6 is 0 Å². The molecule has 4 rings (SSSR count). The molecule has 0 N–H and O–H groups in total. The SMILES string of the molecule is C=COC1(C)OC(F)(F)C2CCC1C2.CCC(CC(C)C#N)OC1(C)OC(F)(F)C2CCC1C2. The first-order valence-corrected chi connectivity index (χ1v) is 12.3. The van der Waals surface area contributed by atoms with Gasteiger partial charge in [0.05, 0.1) is 30.3 Å². The van der Waals surface area contributed by atoms with Crippen molar-refractivity contribution in [3.63, 3.8) is 0 Å². The van der Waals surface area contributed by atoms with E-state index < -0.39 is 35.6 Å². The summed E-state index contributed by atoms with van der Waals surface area (Å²) in [6.07, 6.45) is -0.518. The van der Waals surface area contributed by atoms with Gasteiger partial charge in [0.25, 0.3) is 0 Å². The molecule has 194 valence electrons. The molecule has 2 aliphatic carbocycles. The van der Waals surface area contributed by atoms with E-state index in [0.717, 1.165) is 12.8 Å². The summed E-state index contributed by atoms with van der Waals surface area (Å²) in [5.41, 5.74) is 0. The molecule has 0 aromatic heterocycles. The molecule has 9 heteroatoms. The topological polar surface area (TPSA) is 60.7 Å². The Morgan fingerprint density at radius 1 is 0.971 bits per heavy atom. The van der Waals surface area contributed by atoms with Gasteiger partial charge in [0.2, 0.25) is 5.79 Å². The fraction of sp³-hybridized carbons (Fsp3) is 0.880. The van der Waals surface area contributed by atoms with E-state index in [2.05, 4.69) is 12.6 Å². The molecule has 8 unspecified atom stereocenters. The number of hydrogen-bond donors (Lipinski definition) is 0. The quantitative estimate of drug-likeness (QED) is 0.284. The van der Waals surface area contributed by atoms with Gasteiger partial charge in [-0.05, 0) is 65.2 Å². The highest BCUT2D eigenvalue weighted by Crippen LogP contribution is 2.55. The molecule has 4 aliphatic rings. The van der Waals surface area contributed by atoms with Gasteiger partial charge in [-0.25, -0.2) is 0 Å². The third-order valence-electron chi connectivity index (χ3n) is 7.99. The van der Waals surface area contributed by atoms with E-state index in [1.165, 1.54) is 6.26 Å². The standard InChI is InChI=1S/C15H23F2NO2.C10H14F2O2/c1-4-13(7-10(2)9-18)19-14(3)11-5-6-12(8-11)15(16,17)20-14;1-3-13-9(2)7-4-5-8(6-7)10(11,12)14-9/h10-13H,4-8H2,1-3H3;3,7-8H,1,4-6H2,2H3. The molecule has 0 radical (unpaired) electrons. The van der Waals surface area contributed by atoms with Crippen LogP contribution in [0.25, 0.3) is 0 Å². The van der Waals surface area contributed by atoms with Crippen LogP contribution in [-0.4, -0.2) is 29.9 Å². The predicted molar refractivity (Wildman–Crippen MR) is 116 cm³/mol. The van der Waals surface area contributed by atoms with E-state index in [1.807, 2.05) is 13.8 Å². The molecular weight excluding hydrogens is 454 g/mol. The van der Waals surface area contributed by atoms with Crippen molar-refractivity contribution in [2.24, 2.45) is 29.6 Å². The van der Waals surface area contributed by atoms with E-state index >= 15 is 0 Å². The largest absolute Gasteiger partial charge is 0.470 e. The van der Waals surface area contributed by atoms with Crippen molar-refractivity contribution in [1.82, 2.24) is 0 Å². The molecule has 8 atom stereocenters. The fourth-order valence-corrected chi connectivity index (χ4v) is 5.88. The van der Waals surface area contributed by atoms with Crippen LogP contribution in [-0.2, 0) is 18.9 Å². The molecule has 2 heterocycles. The second-order valence-corrected chi connectivity index (χ2v) is 10.5. The van der Waals surface area contributed by atoms with E-state index in [4.69, 9.17) is 24.2 Å². The Balaban J connectivity index is 0.000000202. The molecule has 0 aromatic carbocycles. The third-order valence-corrected chi connectivity index (χ3v) is 7.99. The van der Waals surface area contributed by atoms with Crippen molar-refractivity contribution in [1.29, 1.82) is 5.26 Å². The zero-order chi connectivity index (χ0) is 25.4. The van der Waals surface area contributed by atoms with Gasteiger partial charge in [-0.1, -0.05) is 13.5 Å². The number of hydrogen-bond acceptors (Lipinski definition) is 5. The lowest BCUT2D eigenvalue weighted by Gasteiger charge is -2.44. The molecule has 4 bridgehead atoms. The summed E-state index contributed by atoms with van der Waals surface area (Å²) >= 11 is 0. The Labute approximate surface area is 199 Å². The summed E-state index contributed by atoms with van der Waals surface area (Å²) in [6.45, 7) is 10.3. The van der Waals surface area contributed by atoms with Gasteiger partial charge in [0.15, 0.2) is 5.79 Å². The van der Waals surface area contributed by atoms with Crippen molar-refractivity contribution >= 4 is 0 Å². The zero-order valence-corrected chi connectivity index (χ0v) is 20.5. The van der Waals surface area contributed by atoms with Crippen LogP contribution in [0.3, 0.4) is 0 Å². The summed E-state index contributed by atoms with van der Waals surface area (Å²) in [5, 5.41) is 8.88. The second kappa shape index (κ2) is 9.94. The van der Waals surface area contributed by atoms with Crippen LogP contribution in [0.1, 0.15) is 79.1 Å². The van der Waals surface area contributed by atoms with Crippen LogP contribution < -0.4 is 0 Å². The number of fused-ring (bicyclic) bond motifs is 4. The average molecular weight is 492 g/mol. The van der Waals surface area contributed by atoms with E-state index in [1.54, 1.807) is 13.8 Å². The summed E-state index contributed by atoms with van der Waals surface area (Å²) in [5.74, 6) is -3.78. The maximum Gasteiger partial charge on any atom is 0.361 e. The molecule has 2 saturated carbocycles. The molecule has 2 saturated heterocycles. The lowest BCUT2D eigenvalue weighted by atomic mass is 9.92. The Kier molecular flexibility index (Phi) is 7.96. The Hall–Kier alpha value is -1.37. The van der Waals surface area contributed by atoms with Gasteiger partial charge >= 0.3 is 12.2 Å². The lowest BCUT2D eigenvalue weighted by molar-refractivity contribution is -0.415. The van der Waals surface area contributed by atoms with E-state index in [-0.39, 0.29) is 23.9 Å². The van der Waals surface area contributed by atoms with Crippen LogP contribution in [0.2, 0.25) is 0 Å². The van der Waals surface area contributed by atoms with Gasteiger partial charge in [0.1, 0.15) is 0 Å². The monoisotopic (exact) mass is 491 g/mol. The number of rotatable bonds is 7. The molecule has 0 amide bonds. The minimum absolute atomic E-state index is 0.0265. The summed E-state index contributed by atoms with van der Waals surface area (Å²) < 4.78 is 75.4. The number of ether oxygens (including phenoxy) is 4. The number of nitrogens with zero attached hydrogens (tertiary/aromatic N) is 1. The lowest BCUT2D eigenvalue weighted by Crippen LogP contribution is -2.52. The Morgan fingerprint density at radius 3 is 1.91 bits per heavy atom. The summed E-state index contributed by atoms with van der Waals surface area (Å²) in [6, 6.07) is 2.16. The van der Waals surface area contributed by atoms with Gasteiger partial charge < -0.3 is 9.47 Å². The maximum absolute atomic E-state index is 13.9. The summed E-state index contributed by atoms with van der Waals surface area (Å²) in [4.78, 5) is 0. The first-order valence-electron chi connectivity index (χ1n) is 12.3. The number of alkyl halides is 4. The normalized spacial score (nSPS) is 40.9. The molecule has 4 fully saturated rings. The van der Waals surface area contributed by atoms with Gasteiger partial charge in [-0.3, -0.25) is 9.47 Å². The van der Waals surface area contributed by atoms with E-state index in [9.17, 15) is 17.6 Å². The van der Waals surface area contributed by atoms with Crippen LogP contribution in [0.5, 0.6) is 0 Å². The molecule has 2 aliphatic heterocycles. The van der Waals surface area contributed by atoms with Crippen molar-refractivity contribution in [2.75, 3.05) is 0 Å². The van der Waals surface area contributed by atoms with Crippen molar-refractivity contribution in [2.45, 2.75) is 109 Å². The van der Waals surface area contributed by atoms with Gasteiger partial charge in [0, 0.05) is 24.7 Å². The highest BCUT2D eigenvalue weighted by atomic mass is 19.3. The van der Waals surface area contributed by atoms with Crippen LogP contribution in [0.4, 0.5) is 17.6 Å². The van der Waals surface area contributed by atoms with Crippen LogP contribution in [0.15, 0.2) is 12.8 Å². The first-order chi connectivity index (χ1) is 15.8. The Morgan fingerprint density at radius 2 is 1.44 bits per heavy atom. The zero-order valence-electron chi connectivity index (χ0n) is 20.5.